The lowest BCUT2D eigenvalue weighted by atomic mass is 10.1. The molecule has 1 aliphatic rings. The van der Waals surface area contributed by atoms with Crippen molar-refractivity contribution in [1.29, 1.82) is 0 Å². The van der Waals surface area contributed by atoms with E-state index in [9.17, 15) is 9.59 Å². The number of benzene rings is 1. The number of nitrogens with one attached hydrogen (secondary N) is 2. The summed E-state index contributed by atoms with van der Waals surface area (Å²) in [5, 5.41) is 5.88. The van der Waals surface area contributed by atoms with E-state index >= 15 is 0 Å². The standard InChI is InChI=1S/C22H23N7O2/c1-13-5-7-17(25-15(3)30)9-19(13)29-12-16-10-24-21(27-20(16)28(4)22(29)31)26-18-8-6-14(2)23-11-18/h5-11H,12H2,1-4H3,(H,25,30)(H,24,26,27). The van der Waals surface area contributed by atoms with Crippen LogP contribution in [0.4, 0.5) is 33.6 Å². The molecular formula is C22H23N7O2. The average molecular weight is 417 g/mol. The van der Waals surface area contributed by atoms with E-state index in [0.717, 1.165) is 28.2 Å². The van der Waals surface area contributed by atoms with Gasteiger partial charge in [-0.3, -0.25) is 19.6 Å². The zero-order chi connectivity index (χ0) is 22.1. The SMILES string of the molecule is CC(=O)Nc1ccc(C)c(N2Cc3cnc(Nc4ccc(C)nc4)nc3N(C)C2=O)c1. The number of hydrogen-bond donors (Lipinski definition) is 2. The highest BCUT2D eigenvalue weighted by atomic mass is 16.2. The molecule has 0 saturated carbocycles. The largest absolute Gasteiger partial charge is 0.330 e. The molecular weight excluding hydrogens is 394 g/mol. The fraction of sp³-hybridized carbons (Fsp3) is 0.227. The highest BCUT2D eigenvalue weighted by Gasteiger charge is 2.31. The molecule has 0 aliphatic carbocycles. The van der Waals surface area contributed by atoms with E-state index in [2.05, 4.69) is 25.6 Å². The first-order chi connectivity index (χ1) is 14.8. The van der Waals surface area contributed by atoms with Gasteiger partial charge in [-0.2, -0.15) is 4.98 Å². The van der Waals surface area contributed by atoms with E-state index in [-0.39, 0.29) is 11.9 Å². The fourth-order valence-corrected chi connectivity index (χ4v) is 3.41. The first-order valence-electron chi connectivity index (χ1n) is 9.81. The lowest BCUT2D eigenvalue weighted by Crippen LogP contribution is -2.46. The molecule has 158 valence electrons. The quantitative estimate of drug-likeness (QED) is 0.670. The Labute approximate surface area is 180 Å². The van der Waals surface area contributed by atoms with Gasteiger partial charge in [-0.25, -0.2) is 9.78 Å². The first-order valence-corrected chi connectivity index (χ1v) is 9.81. The van der Waals surface area contributed by atoms with Gasteiger partial charge in [0, 0.05) is 37.1 Å². The number of carbonyl (C=O) groups is 2. The van der Waals surface area contributed by atoms with Crippen molar-refractivity contribution in [3.8, 4) is 0 Å². The van der Waals surface area contributed by atoms with E-state index < -0.39 is 0 Å². The van der Waals surface area contributed by atoms with Crippen molar-refractivity contribution in [1.82, 2.24) is 15.0 Å². The van der Waals surface area contributed by atoms with Gasteiger partial charge in [0.05, 0.1) is 24.1 Å². The van der Waals surface area contributed by atoms with Crippen LogP contribution in [0, 0.1) is 13.8 Å². The van der Waals surface area contributed by atoms with Crippen LogP contribution in [-0.4, -0.2) is 33.9 Å². The minimum atomic E-state index is -0.211. The summed E-state index contributed by atoms with van der Waals surface area (Å²) in [5.41, 5.74) is 4.78. The Hall–Kier alpha value is -4.01. The first kappa shape index (κ1) is 20.3. The molecule has 3 amide bonds. The van der Waals surface area contributed by atoms with Gasteiger partial charge in [-0.05, 0) is 43.7 Å². The maximum atomic E-state index is 13.2. The zero-order valence-corrected chi connectivity index (χ0v) is 17.8. The lowest BCUT2D eigenvalue weighted by molar-refractivity contribution is -0.114. The Morgan fingerprint density at radius 2 is 1.84 bits per heavy atom. The van der Waals surface area contributed by atoms with Crippen molar-refractivity contribution in [2.45, 2.75) is 27.3 Å². The summed E-state index contributed by atoms with van der Waals surface area (Å²) in [6.45, 7) is 5.62. The Morgan fingerprint density at radius 3 is 2.55 bits per heavy atom. The lowest BCUT2D eigenvalue weighted by Gasteiger charge is -2.35. The molecule has 0 spiro atoms. The second-order valence-electron chi connectivity index (χ2n) is 7.47. The van der Waals surface area contributed by atoms with Gasteiger partial charge in [0.15, 0.2) is 0 Å². The van der Waals surface area contributed by atoms with Crippen LogP contribution in [0.3, 0.4) is 0 Å². The maximum Gasteiger partial charge on any atom is 0.330 e. The van der Waals surface area contributed by atoms with Crippen LogP contribution < -0.4 is 20.4 Å². The summed E-state index contributed by atoms with van der Waals surface area (Å²) in [6.07, 6.45) is 3.43. The third kappa shape index (κ3) is 4.16. The second-order valence-corrected chi connectivity index (χ2v) is 7.47. The smallest absolute Gasteiger partial charge is 0.326 e. The van der Waals surface area contributed by atoms with E-state index in [0.29, 0.717) is 24.0 Å². The third-order valence-electron chi connectivity index (χ3n) is 4.99. The molecule has 31 heavy (non-hydrogen) atoms. The normalized spacial score (nSPS) is 13.1. The van der Waals surface area contributed by atoms with Crippen molar-refractivity contribution in [2.75, 3.05) is 27.5 Å². The highest BCUT2D eigenvalue weighted by Crippen LogP contribution is 2.33. The van der Waals surface area contributed by atoms with E-state index in [1.165, 1.54) is 11.8 Å². The van der Waals surface area contributed by atoms with E-state index in [4.69, 9.17) is 0 Å². The van der Waals surface area contributed by atoms with Gasteiger partial charge in [0.1, 0.15) is 5.82 Å². The minimum Gasteiger partial charge on any atom is -0.326 e. The third-order valence-corrected chi connectivity index (χ3v) is 4.99. The number of anilines is 5. The molecule has 1 aliphatic heterocycles. The zero-order valence-electron chi connectivity index (χ0n) is 17.8. The van der Waals surface area contributed by atoms with Crippen LogP contribution in [0.25, 0.3) is 0 Å². The number of pyridine rings is 1. The molecule has 9 nitrogen and oxygen atoms in total. The molecule has 0 radical (unpaired) electrons. The number of nitrogens with zero attached hydrogens (tertiary/aromatic N) is 5. The van der Waals surface area contributed by atoms with Gasteiger partial charge in [-0.1, -0.05) is 6.07 Å². The summed E-state index contributed by atoms with van der Waals surface area (Å²) < 4.78 is 0. The average Bonchev–Trinajstić information content (AvgIpc) is 2.74. The predicted molar refractivity (Wildman–Crippen MR) is 120 cm³/mol. The predicted octanol–water partition coefficient (Wildman–Crippen LogP) is 3.77. The molecule has 0 bridgehead atoms. The molecule has 0 atom stereocenters. The van der Waals surface area contributed by atoms with Gasteiger partial charge in [0.25, 0.3) is 0 Å². The summed E-state index contributed by atoms with van der Waals surface area (Å²) in [6, 6.07) is 9.07. The topological polar surface area (TPSA) is 103 Å². The summed E-state index contributed by atoms with van der Waals surface area (Å²) in [7, 11) is 1.69. The van der Waals surface area contributed by atoms with Crippen LogP contribution in [-0.2, 0) is 11.3 Å². The molecule has 3 aromatic rings. The Morgan fingerprint density at radius 1 is 1.06 bits per heavy atom. The monoisotopic (exact) mass is 417 g/mol. The van der Waals surface area contributed by atoms with E-state index in [1.807, 2.05) is 38.1 Å². The van der Waals surface area contributed by atoms with Gasteiger partial charge in [0.2, 0.25) is 11.9 Å². The fourth-order valence-electron chi connectivity index (χ4n) is 3.41. The van der Waals surface area contributed by atoms with Crippen LogP contribution in [0.2, 0.25) is 0 Å². The molecule has 0 saturated heterocycles. The number of urea groups is 1. The van der Waals surface area contributed by atoms with Crippen LogP contribution >= 0.6 is 0 Å². The van der Waals surface area contributed by atoms with Gasteiger partial charge >= 0.3 is 6.03 Å². The molecule has 3 heterocycles. The number of aromatic nitrogens is 3. The highest BCUT2D eigenvalue weighted by molar-refractivity contribution is 6.06. The van der Waals surface area contributed by atoms with Gasteiger partial charge in [-0.15, -0.1) is 0 Å². The number of fused-ring (bicyclic) bond motifs is 1. The number of carbonyl (C=O) groups excluding carboxylic acids is 2. The van der Waals surface area contributed by atoms with E-state index in [1.54, 1.807) is 30.4 Å². The van der Waals surface area contributed by atoms with Crippen molar-refractivity contribution in [2.24, 2.45) is 0 Å². The Bertz CT molecular complexity index is 1160. The molecule has 2 N–H and O–H groups in total. The molecule has 2 aromatic heterocycles. The van der Waals surface area contributed by atoms with Crippen LogP contribution in [0.1, 0.15) is 23.7 Å². The Balaban J connectivity index is 1.63. The summed E-state index contributed by atoms with van der Waals surface area (Å²) in [4.78, 5) is 40.9. The van der Waals surface area contributed by atoms with Crippen LogP contribution in [0.5, 0.6) is 0 Å². The molecule has 9 heteroatoms. The number of aryl methyl sites for hydroxylation is 2. The number of rotatable bonds is 4. The van der Waals surface area contributed by atoms with Crippen molar-refractivity contribution >= 4 is 40.8 Å². The minimum absolute atomic E-state index is 0.167. The summed E-state index contributed by atoms with van der Waals surface area (Å²) in [5.74, 6) is 0.773. The number of amides is 3. The summed E-state index contributed by atoms with van der Waals surface area (Å²) >= 11 is 0. The molecule has 4 rings (SSSR count). The van der Waals surface area contributed by atoms with Crippen molar-refractivity contribution < 1.29 is 9.59 Å². The molecule has 0 unspecified atom stereocenters. The number of hydrogen-bond acceptors (Lipinski definition) is 6. The molecule has 0 fully saturated rings. The second kappa shape index (κ2) is 8.02. The van der Waals surface area contributed by atoms with Gasteiger partial charge < -0.3 is 10.6 Å². The van der Waals surface area contributed by atoms with Crippen molar-refractivity contribution in [3.05, 3.63) is 59.5 Å². The van der Waals surface area contributed by atoms with Crippen LogP contribution in [0.15, 0.2) is 42.7 Å². The molecule has 1 aromatic carbocycles. The Kier molecular flexibility index (Phi) is 5.24. The van der Waals surface area contributed by atoms with Crippen molar-refractivity contribution in [3.63, 3.8) is 0 Å². The maximum absolute atomic E-state index is 13.2.